The molecule has 0 aliphatic heterocycles. The van der Waals surface area contributed by atoms with E-state index in [1.54, 1.807) is 11.8 Å². The minimum Gasteiger partial charge on any atom is -0.468 e. The van der Waals surface area contributed by atoms with E-state index in [9.17, 15) is 4.79 Å². The predicted octanol–water partition coefficient (Wildman–Crippen LogP) is 1.28. The molecule has 0 aromatic rings. The van der Waals surface area contributed by atoms with Crippen LogP contribution in [-0.2, 0) is 9.53 Å². The van der Waals surface area contributed by atoms with Crippen LogP contribution in [0.2, 0.25) is 0 Å². The second-order valence-electron chi connectivity index (χ2n) is 2.97. The zero-order chi connectivity index (χ0) is 10.3. The summed E-state index contributed by atoms with van der Waals surface area (Å²) < 4.78 is 4.63. The van der Waals surface area contributed by atoms with Crippen LogP contribution in [-0.4, -0.2) is 37.2 Å². The fourth-order valence-electron chi connectivity index (χ4n) is 1.08. The van der Waals surface area contributed by atoms with Crippen LogP contribution in [0.25, 0.3) is 0 Å². The maximum absolute atomic E-state index is 11.1. The van der Waals surface area contributed by atoms with Crippen LogP contribution in [0.15, 0.2) is 0 Å². The van der Waals surface area contributed by atoms with Crippen LogP contribution in [0.1, 0.15) is 20.3 Å². The lowest BCUT2D eigenvalue weighted by Gasteiger charge is -2.19. The van der Waals surface area contributed by atoms with Gasteiger partial charge in [-0.3, -0.25) is 4.79 Å². The van der Waals surface area contributed by atoms with Crippen LogP contribution in [0, 0.1) is 0 Å². The molecule has 3 nitrogen and oxygen atoms in total. The van der Waals surface area contributed by atoms with E-state index in [-0.39, 0.29) is 12.0 Å². The Morgan fingerprint density at radius 1 is 1.62 bits per heavy atom. The molecule has 0 rings (SSSR count). The third-order valence-electron chi connectivity index (χ3n) is 1.90. The molecule has 0 heterocycles. The van der Waals surface area contributed by atoms with Crippen LogP contribution in [0.5, 0.6) is 0 Å². The Balaban J connectivity index is 3.85. The first kappa shape index (κ1) is 12.8. The lowest BCUT2D eigenvalue weighted by atomic mass is 10.2. The van der Waals surface area contributed by atoms with Gasteiger partial charge in [-0.1, -0.05) is 6.92 Å². The van der Waals surface area contributed by atoms with E-state index in [1.165, 1.54) is 7.11 Å². The Hall–Kier alpha value is -0.220. The number of methoxy groups -OCH3 is 1. The quantitative estimate of drug-likeness (QED) is 0.663. The molecule has 0 saturated carbocycles. The Morgan fingerprint density at radius 2 is 2.23 bits per heavy atom. The lowest BCUT2D eigenvalue weighted by Crippen LogP contribution is -2.42. The van der Waals surface area contributed by atoms with Crippen molar-refractivity contribution in [2.75, 3.05) is 19.1 Å². The van der Waals surface area contributed by atoms with Crippen LogP contribution in [0.4, 0.5) is 0 Å². The standard InChI is InChI=1S/C9H19NO2S/c1-5-8(6-13-4)10-7(2)9(11)12-3/h7-8,10H,5-6H2,1-4H3. The van der Waals surface area contributed by atoms with Crippen LogP contribution in [0.3, 0.4) is 0 Å². The topological polar surface area (TPSA) is 38.3 Å². The predicted molar refractivity (Wildman–Crippen MR) is 57.1 cm³/mol. The molecule has 2 atom stereocenters. The van der Waals surface area contributed by atoms with Crippen molar-refractivity contribution in [3.8, 4) is 0 Å². The van der Waals surface area contributed by atoms with E-state index in [0.717, 1.165) is 12.2 Å². The van der Waals surface area contributed by atoms with Gasteiger partial charge < -0.3 is 10.1 Å². The van der Waals surface area contributed by atoms with Gasteiger partial charge >= 0.3 is 5.97 Å². The number of carbonyl (C=O) groups is 1. The van der Waals surface area contributed by atoms with Crippen molar-refractivity contribution in [2.24, 2.45) is 0 Å². The molecule has 0 aromatic heterocycles. The second-order valence-corrected chi connectivity index (χ2v) is 3.88. The summed E-state index contributed by atoms with van der Waals surface area (Å²) in [7, 11) is 1.41. The van der Waals surface area contributed by atoms with Gasteiger partial charge in [0.15, 0.2) is 0 Å². The second kappa shape index (κ2) is 7.21. The zero-order valence-corrected chi connectivity index (χ0v) is 9.61. The fourth-order valence-corrected chi connectivity index (χ4v) is 1.82. The minimum atomic E-state index is -0.206. The summed E-state index contributed by atoms with van der Waals surface area (Å²) in [4.78, 5) is 11.1. The molecular formula is C9H19NO2S. The number of rotatable bonds is 6. The minimum absolute atomic E-state index is 0.195. The summed E-state index contributed by atoms with van der Waals surface area (Å²) in [6.07, 6.45) is 3.09. The Bertz CT molecular complexity index is 153. The molecular weight excluding hydrogens is 186 g/mol. The zero-order valence-electron chi connectivity index (χ0n) is 8.79. The summed E-state index contributed by atoms with van der Waals surface area (Å²) in [6, 6.07) is 0.186. The van der Waals surface area contributed by atoms with Gasteiger partial charge in [-0.05, 0) is 19.6 Å². The van der Waals surface area contributed by atoms with Crippen molar-refractivity contribution in [1.29, 1.82) is 0 Å². The number of carbonyl (C=O) groups excluding carboxylic acids is 1. The molecule has 0 aromatic carbocycles. The van der Waals surface area contributed by atoms with Crippen molar-refractivity contribution in [3.05, 3.63) is 0 Å². The van der Waals surface area contributed by atoms with Gasteiger partial charge in [0.05, 0.1) is 7.11 Å². The molecule has 0 radical (unpaired) electrons. The molecule has 4 heteroatoms. The first-order chi connectivity index (χ1) is 6.15. The first-order valence-electron chi connectivity index (χ1n) is 4.48. The average Bonchev–Trinajstić information content (AvgIpc) is 2.15. The monoisotopic (exact) mass is 205 g/mol. The molecule has 0 amide bonds. The number of nitrogens with one attached hydrogen (secondary N) is 1. The molecule has 78 valence electrons. The number of hydrogen-bond acceptors (Lipinski definition) is 4. The average molecular weight is 205 g/mol. The Kier molecular flexibility index (Phi) is 7.09. The molecule has 0 spiro atoms. The third-order valence-corrected chi connectivity index (χ3v) is 2.64. The molecule has 0 bridgehead atoms. The van der Waals surface area contributed by atoms with Gasteiger partial charge in [-0.25, -0.2) is 0 Å². The van der Waals surface area contributed by atoms with E-state index in [0.29, 0.717) is 6.04 Å². The van der Waals surface area contributed by atoms with E-state index < -0.39 is 0 Å². The molecule has 0 saturated heterocycles. The lowest BCUT2D eigenvalue weighted by molar-refractivity contribution is -0.142. The number of hydrogen-bond donors (Lipinski definition) is 1. The highest BCUT2D eigenvalue weighted by Gasteiger charge is 2.16. The Morgan fingerprint density at radius 3 is 2.62 bits per heavy atom. The van der Waals surface area contributed by atoms with Gasteiger partial charge in [0.2, 0.25) is 0 Å². The maximum Gasteiger partial charge on any atom is 0.322 e. The van der Waals surface area contributed by atoms with Crippen molar-refractivity contribution >= 4 is 17.7 Å². The van der Waals surface area contributed by atoms with Gasteiger partial charge in [-0.2, -0.15) is 11.8 Å². The highest BCUT2D eigenvalue weighted by Crippen LogP contribution is 2.02. The van der Waals surface area contributed by atoms with Gasteiger partial charge in [-0.15, -0.1) is 0 Å². The van der Waals surface area contributed by atoms with Gasteiger partial charge in [0, 0.05) is 11.8 Å². The highest BCUT2D eigenvalue weighted by atomic mass is 32.2. The summed E-state index contributed by atoms with van der Waals surface area (Å²) >= 11 is 1.78. The SMILES string of the molecule is CCC(CSC)NC(C)C(=O)OC. The van der Waals surface area contributed by atoms with Crippen molar-refractivity contribution in [1.82, 2.24) is 5.32 Å². The van der Waals surface area contributed by atoms with E-state index in [2.05, 4.69) is 23.2 Å². The van der Waals surface area contributed by atoms with Gasteiger partial charge in [0.25, 0.3) is 0 Å². The molecule has 0 fully saturated rings. The third kappa shape index (κ3) is 5.16. The summed E-state index contributed by atoms with van der Waals surface area (Å²) in [5.74, 6) is 0.831. The van der Waals surface area contributed by atoms with E-state index >= 15 is 0 Å². The number of esters is 1. The maximum atomic E-state index is 11.1. The van der Waals surface area contributed by atoms with E-state index in [1.807, 2.05) is 6.92 Å². The summed E-state index contributed by atoms with van der Waals surface area (Å²) in [5.41, 5.74) is 0. The normalized spacial score (nSPS) is 15.1. The number of ether oxygens (including phenoxy) is 1. The van der Waals surface area contributed by atoms with E-state index in [4.69, 9.17) is 0 Å². The fraction of sp³-hybridized carbons (Fsp3) is 0.889. The Labute approximate surface area is 84.6 Å². The van der Waals surface area contributed by atoms with Crippen LogP contribution < -0.4 is 5.32 Å². The largest absolute Gasteiger partial charge is 0.468 e. The molecule has 13 heavy (non-hydrogen) atoms. The first-order valence-corrected chi connectivity index (χ1v) is 5.87. The number of thioether (sulfide) groups is 1. The molecule has 2 unspecified atom stereocenters. The molecule has 0 aliphatic carbocycles. The highest BCUT2D eigenvalue weighted by molar-refractivity contribution is 7.98. The van der Waals surface area contributed by atoms with Crippen LogP contribution >= 0.6 is 11.8 Å². The molecule has 1 N–H and O–H groups in total. The van der Waals surface area contributed by atoms with Crippen molar-refractivity contribution in [2.45, 2.75) is 32.4 Å². The van der Waals surface area contributed by atoms with Crippen molar-refractivity contribution < 1.29 is 9.53 Å². The van der Waals surface area contributed by atoms with Gasteiger partial charge in [0.1, 0.15) is 6.04 Å². The molecule has 0 aliphatic rings. The smallest absolute Gasteiger partial charge is 0.322 e. The summed E-state index contributed by atoms with van der Waals surface area (Å²) in [5, 5.41) is 3.22. The van der Waals surface area contributed by atoms with Crippen molar-refractivity contribution in [3.63, 3.8) is 0 Å². The summed E-state index contributed by atoms with van der Waals surface area (Å²) in [6.45, 7) is 3.94.